The molecule has 10 aromatic rings. The van der Waals surface area contributed by atoms with E-state index in [1.165, 1.54) is 76.7 Å². The topological polar surface area (TPSA) is 8.17 Å². The molecule has 0 N–H and O–H groups in total. The maximum Gasteiger partial charge on any atom is 0.0626 e. The largest absolute Gasteiger partial charge is 0.310 e. The molecule has 0 atom stereocenters. The first-order chi connectivity index (χ1) is 27.1. The third-order valence-electron chi connectivity index (χ3n) is 11.9. The molecule has 0 radical (unpaired) electrons. The van der Waals surface area contributed by atoms with Gasteiger partial charge >= 0.3 is 0 Å². The molecule has 0 saturated carbocycles. The van der Waals surface area contributed by atoms with Crippen LogP contribution in [0.15, 0.2) is 194 Å². The Bertz CT molecular complexity index is 3100. The average Bonchev–Trinajstić information content (AvgIpc) is 3.69. The van der Waals surface area contributed by atoms with Gasteiger partial charge in [-0.25, -0.2) is 0 Å². The second kappa shape index (κ2) is 12.1. The van der Waals surface area contributed by atoms with Crippen molar-refractivity contribution in [2.45, 2.75) is 19.3 Å². The van der Waals surface area contributed by atoms with Crippen LogP contribution in [0, 0.1) is 0 Å². The maximum absolute atomic E-state index is 2.50. The van der Waals surface area contributed by atoms with E-state index in [0.29, 0.717) is 0 Å². The Hall–Kier alpha value is -6.90. The minimum atomic E-state index is -0.0869. The van der Waals surface area contributed by atoms with Crippen LogP contribution >= 0.6 is 0 Å². The van der Waals surface area contributed by atoms with Gasteiger partial charge in [-0.1, -0.05) is 153 Å². The number of anilines is 3. The number of nitrogens with zero attached hydrogens (tertiary/aromatic N) is 2. The van der Waals surface area contributed by atoms with Gasteiger partial charge in [-0.2, -0.15) is 0 Å². The van der Waals surface area contributed by atoms with Gasteiger partial charge in [-0.3, -0.25) is 0 Å². The van der Waals surface area contributed by atoms with E-state index in [-0.39, 0.29) is 5.41 Å². The Morgan fingerprint density at radius 3 is 1.82 bits per heavy atom. The Morgan fingerprint density at radius 2 is 1.02 bits per heavy atom. The highest BCUT2D eigenvalue weighted by molar-refractivity contribution is 6.25. The van der Waals surface area contributed by atoms with Gasteiger partial charge in [0, 0.05) is 49.9 Å². The molecule has 1 aromatic heterocycles. The summed E-state index contributed by atoms with van der Waals surface area (Å²) < 4.78 is 2.50. The van der Waals surface area contributed by atoms with Crippen LogP contribution < -0.4 is 4.90 Å². The first-order valence-corrected chi connectivity index (χ1v) is 19.2. The minimum absolute atomic E-state index is 0.0869. The van der Waals surface area contributed by atoms with Gasteiger partial charge in [-0.05, 0) is 98.6 Å². The second-order valence-electron chi connectivity index (χ2n) is 15.3. The minimum Gasteiger partial charge on any atom is -0.310 e. The van der Waals surface area contributed by atoms with E-state index in [2.05, 4.69) is 217 Å². The third kappa shape index (κ3) is 4.74. The van der Waals surface area contributed by atoms with Crippen LogP contribution in [0.2, 0.25) is 0 Å². The summed E-state index contributed by atoms with van der Waals surface area (Å²) in [6.07, 6.45) is 0. The van der Waals surface area contributed by atoms with Gasteiger partial charge in [0.25, 0.3) is 0 Å². The van der Waals surface area contributed by atoms with Crippen molar-refractivity contribution < 1.29 is 0 Å². The van der Waals surface area contributed by atoms with Crippen molar-refractivity contribution in [2.24, 2.45) is 0 Å². The first-order valence-electron chi connectivity index (χ1n) is 19.2. The normalized spacial score (nSPS) is 13.1. The molecule has 9 aromatic carbocycles. The third-order valence-corrected chi connectivity index (χ3v) is 11.9. The van der Waals surface area contributed by atoms with Gasteiger partial charge in [-0.15, -0.1) is 0 Å². The fraction of sp³-hybridized carbons (Fsp3) is 0.0566. The summed E-state index contributed by atoms with van der Waals surface area (Å²) in [6.45, 7) is 4.71. The summed E-state index contributed by atoms with van der Waals surface area (Å²) in [6, 6.07) is 71.4. The molecule has 0 saturated heterocycles. The molecule has 260 valence electrons. The lowest BCUT2D eigenvalue weighted by molar-refractivity contribution is 0.660. The second-order valence-corrected chi connectivity index (χ2v) is 15.3. The predicted octanol–water partition coefficient (Wildman–Crippen LogP) is 14.5. The van der Waals surface area contributed by atoms with Gasteiger partial charge in [0.05, 0.1) is 11.0 Å². The monoisotopic (exact) mass is 702 g/mol. The van der Waals surface area contributed by atoms with Gasteiger partial charge < -0.3 is 9.47 Å². The van der Waals surface area contributed by atoms with E-state index in [1.54, 1.807) is 0 Å². The summed E-state index contributed by atoms with van der Waals surface area (Å²) in [5.41, 5.74) is 14.8. The highest BCUT2D eigenvalue weighted by Crippen LogP contribution is 2.51. The van der Waals surface area contributed by atoms with Gasteiger partial charge in [0.15, 0.2) is 0 Å². The molecule has 2 heteroatoms. The SMILES string of the molecule is CC1(C)c2ccccc2-c2ccc(N(c3ccccc3)c3ccc(-c4c5ccccc5cc5c6ccc7ccccc7c6n(-c6ccccc6)c45)cc3)cc21. The fourth-order valence-electron chi connectivity index (χ4n) is 9.36. The van der Waals surface area contributed by atoms with Crippen LogP contribution in [0.25, 0.3) is 71.3 Å². The molecule has 1 aliphatic carbocycles. The quantitative estimate of drug-likeness (QED) is 0.173. The first kappa shape index (κ1) is 31.6. The molecule has 0 aliphatic heterocycles. The molecule has 0 bridgehead atoms. The van der Waals surface area contributed by atoms with Crippen LogP contribution in [-0.4, -0.2) is 4.57 Å². The van der Waals surface area contributed by atoms with Crippen molar-refractivity contribution >= 4 is 60.4 Å². The van der Waals surface area contributed by atoms with E-state index in [4.69, 9.17) is 0 Å². The van der Waals surface area contributed by atoms with Crippen LogP contribution in [-0.2, 0) is 5.41 Å². The number of para-hydroxylation sites is 2. The molecule has 11 rings (SSSR count). The summed E-state index contributed by atoms with van der Waals surface area (Å²) in [5.74, 6) is 0. The van der Waals surface area contributed by atoms with Crippen LogP contribution in [0.1, 0.15) is 25.0 Å². The Balaban J connectivity index is 1.14. The summed E-state index contributed by atoms with van der Waals surface area (Å²) in [4.78, 5) is 2.40. The van der Waals surface area contributed by atoms with Crippen LogP contribution in [0.5, 0.6) is 0 Å². The molecule has 0 unspecified atom stereocenters. The lowest BCUT2D eigenvalue weighted by atomic mass is 9.82. The predicted molar refractivity (Wildman–Crippen MR) is 233 cm³/mol. The molecule has 0 spiro atoms. The van der Waals surface area contributed by atoms with Crippen molar-refractivity contribution in [1.82, 2.24) is 4.57 Å². The average molecular weight is 703 g/mol. The number of rotatable bonds is 5. The molecular formula is C53H38N2. The zero-order valence-corrected chi connectivity index (χ0v) is 30.9. The van der Waals surface area contributed by atoms with Crippen molar-refractivity contribution in [3.8, 4) is 27.9 Å². The lowest BCUT2D eigenvalue weighted by Crippen LogP contribution is -2.16. The summed E-state index contributed by atoms with van der Waals surface area (Å²) in [7, 11) is 0. The standard InChI is InChI=1S/C53H38N2/c1-53(2)48-24-14-13-23-44(48)45-32-30-41(34-49(45)53)54(38-17-5-3-6-18-38)40-28-25-36(26-29-40)50-42-21-11-10-16-37(42)33-47-46-31-27-35-15-9-12-22-43(35)51(46)55(52(47)50)39-19-7-4-8-20-39/h3-34H,1-2H3. The molecule has 0 fully saturated rings. The van der Waals surface area contributed by atoms with Crippen molar-refractivity contribution in [3.63, 3.8) is 0 Å². The van der Waals surface area contributed by atoms with Crippen molar-refractivity contribution in [3.05, 3.63) is 205 Å². The molecule has 1 aliphatic rings. The molecule has 0 amide bonds. The smallest absolute Gasteiger partial charge is 0.0626 e. The Morgan fingerprint density at radius 1 is 0.400 bits per heavy atom. The zero-order chi connectivity index (χ0) is 36.7. The summed E-state index contributed by atoms with van der Waals surface area (Å²) in [5, 5.41) is 7.50. The number of benzene rings is 9. The van der Waals surface area contributed by atoms with E-state index in [0.717, 1.165) is 22.7 Å². The van der Waals surface area contributed by atoms with Crippen LogP contribution in [0.3, 0.4) is 0 Å². The molecular weight excluding hydrogens is 665 g/mol. The Labute approximate surface area is 321 Å². The van der Waals surface area contributed by atoms with Crippen molar-refractivity contribution in [1.29, 1.82) is 0 Å². The highest BCUT2D eigenvalue weighted by atomic mass is 15.1. The Kier molecular flexibility index (Phi) is 6.93. The van der Waals surface area contributed by atoms with E-state index < -0.39 is 0 Å². The van der Waals surface area contributed by atoms with E-state index >= 15 is 0 Å². The molecule has 1 heterocycles. The van der Waals surface area contributed by atoms with E-state index in [9.17, 15) is 0 Å². The number of hydrogen-bond donors (Lipinski definition) is 0. The molecule has 2 nitrogen and oxygen atoms in total. The summed E-state index contributed by atoms with van der Waals surface area (Å²) >= 11 is 0. The number of fused-ring (bicyclic) bond motifs is 9. The fourth-order valence-corrected chi connectivity index (χ4v) is 9.36. The maximum atomic E-state index is 2.50. The zero-order valence-electron chi connectivity index (χ0n) is 30.9. The van der Waals surface area contributed by atoms with Gasteiger partial charge in [0.1, 0.15) is 0 Å². The van der Waals surface area contributed by atoms with E-state index in [1.807, 2.05) is 0 Å². The number of aromatic nitrogens is 1. The van der Waals surface area contributed by atoms with Gasteiger partial charge in [0.2, 0.25) is 0 Å². The highest BCUT2D eigenvalue weighted by Gasteiger charge is 2.35. The van der Waals surface area contributed by atoms with Crippen LogP contribution in [0.4, 0.5) is 17.1 Å². The van der Waals surface area contributed by atoms with Crippen molar-refractivity contribution in [2.75, 3.05) is 4.90 Å². The number of hydrogen-bond acceptors (Lipinski definition) is 1. The lowest BCUT2D eigenvalue weighted by Gasteiger charge is -2.28. The molecule has 55 heavy (non-hydrogen) atoms.